The van der Waals surface area contributed by atoms with Gasteiger partial charge in [0, 0.05) is 17.4 Å². The van der Waals surface area contributed by atoms with Crippen LogP contribution in [-0.2, 0) is 10.7 Å². The van der Waals surface area contributed by atoms with Crippen molar-refractivity contribution in [3.63, 3.8) is 0 Å². The molecular weight excluding hydrogens is 370 g/mol. The van der Waals surface area contributed by atoms with E-state index in [4.69, 9.17) is 16.3 Å². The highest BCUT2D eigenvalue weighted by Gasteiger charge is 2.19. The Hall–Kier alpha value is -1.40. The molecule has 0 bridgehead atoms. The van der Waals surface area contributed by atoms with E-state index in [0.29, 0.717) is 31.3 Å². The molecular formula is C15H15BrClN3O2. The van der Waals surface area contributed by atoms with Crippen molar-refractivity contribution < 1.29 is 9.53 Å². The zero-order chi connectivity index (χ0) is 15.5. The maximum absolute atomic E-state index is 11.6. The van der Waals surface area contributed by atoms with E-state index in [1.807, 2.05) is 23.1 Å². The van der Waals surface area contributed by atoms with Crippen LogP contribution in [0.2, 0.25) is 0 Å². The van der Waals surface area contributed by atoms with E-state index < -0.39 is 0 Å². The molecule has 7 heteroatoms. The highest BCUT2D eigenvalue weighted by Crippen LogP contribution is 2.26. The minimum atomic E-state index is 0.195. The summed E-state index contributed by atoms with van der Waals surface area (Å²) in [6.45, 7) is 1.80. The lowest BCUT2D eigenvalue weighted by molar-refractivity contribution is -0.128. The van der Waals surface area contributed by atoms with Crippen molar-refractivity contribution >= 4 is 44.3 Å². The van der Waals surface area contributed by atoms with Crippen LogP contribution < -0.4 is 4.74 Å². The second-order valence-corrected chi connectivity index (χ2v) is 6.26. The van der Waals surface area contributed by atoms with Crippen molar-refractivity contribution in [2.24, 2.45) is 0 Å². The van der Waals surface area contributed by atoms with Gasteiger partial charge < -0.3 is 9.64 Å². The summed E-state index contributed by atoms with van der Waals surface area (Å²) in [6.07, 6.45) is 1.57. The van der Waals surface area contributed by atoms with E-state index in [0.717, 1.165) is 28.3 Å². The fourth-order valence-electron chi connectivity index (χ4n) is 2.48. The van der Waals surface area contributed by atoms with Crippen molar-refractivity contribution in [1.29, 1.82) is 0 Å². The third-order valence-electron chi connectivity index (χ3n) is 3.56. The highest BCUT2D eigenvalue weighted by molar-refractivity contribution is 9.10. The molecule has 0 atom stereocenters. The minimum absolute atomic E-state index is 0.195. The normalized spacial score (nSPS) is 14.8. The number of alkyl halides is 1. The van der Waals surface area contributed by atoms with E-state index in [2.05, 4.69) is 25.9 Å². The molecule has 1 saturated heterocycles. The Bertz CT molecular complexity index is 710. The van der Waals surface area contributed by atoms with E-state index in [9.17, 15) is 4.79 Å². The van der Waals surface area contributed by atoms with Crippen molar-refractivity contribution in [3.8, 4) is 5.88 Å². The van der Waals surface area contributed by atoms with Gasteiger partial charge in [-0.2, -0.15) is 4.98 Å². The van der Waals surface area contributed by atoms with Gasteiger partial charge in [-0.1, -0.05) is 15.9 Å². The lowest BCUT2D eigenvalue weighted by Gasteiger charge is -2.16. The van der Waals surface area contributed by atoms with Gasteiger partial charge in [0.15, 0.2) is 0 Å². The molecule has 0 N–H and O–H groups in total. The maximum atomic E-state index is 11.6. The molecule has 0 saturated carbocycles. The predicted molar refractivity (Wildman–Crippen MR) is 88.1 cm³/mol. The van der Waals surface area contributed by atoms with Gasteiger partial charge in [0.05, 0.1) is 23.3 Å². The fourth-order valence-corrected chi connectivity index (χ4v) is 2.96. The number of carbonyl (C=O) groups is 1. The van der Waals surface area contributed by atoms with Gasteiger partial charge in [-0.3, -0.25) is 4.79 Å². The molecule has 0 radical (unpaired) electrons. The first-order valence-corrected chi connectivity index (χ1v) is 8.43. The largest absolute Gasteiger partial charge is 0.475 e. The van der Waals surface area contributed by atoms with Gasteiger partial charge >= 0.3 is 0 Å². The summed E-state index contributed by atoms with van der Waals surface area (Å²) in [5, 5.41) is 0.830. The second-order valence-electron chi connectivity index (χ2n) is 5.07. The summed E-state index contributed by atoms with van der Waals surface area (Å²) in [5.74, 6) is 1.46. The molecule has 22 heavy (non-hydrogen) atoms. The van der Waals surface area contributed by atoms with Crippen LogP contribution in [0.3, 0.4) is 0 Å². The number of nitrogens with zero attached hydrogens (tertiary/aromatic N) is 3. The van der Waals surface area contributed by atoms with Crippen LogP contribution in [0, 0.1) is 0 Å². The number of rotatable bonds is 5. The van der Waals surface area contributed by atoms with Crippen LogP contribution >= 0.6 is 27.5 Å². The van der Waals surface area contributed by atoms with E-state index in [-0.39, 0.29) is 11.8 Å². The van der Waals surface area contributed by atoms with Crippen LogP contribution in [0.1, 0.15) is 18.7 Å². The average Bonchev–Trinajstić information content (AvgIpc) is 2.92. The first kappa shape index (κ1) is 15.5. The van der Waals surface area contributed by atoms with Crippen LogP contribution in [0.15, 0.2) is 22.7 Å². The Morgan fingerprint density at radius 2 is 2.23 bits per heavy atom. The first-order valence-electron chi connectivity index (χ1n) is 7.10. The summed E-state index contributed by atoms with van der Waals surface area (Å²) in [7, 11) is 0. The van der Waals surface area contributed by atoms with Crippen molar-refractivity contribution in [3.05, 3.63) is 28.5 Å². The van der Waals surface area contributed by atoms with Gasteiger partial charge in [-0.25, -0.2) is 4.98 Å². The molecule has 1 aromatic heterocycles. The van der Waals surface area contributed by atoms with Crippen molar-refractivity contribution in [2.45, 2.75) is 18.7 Å². The third kappa shape index (κ3) is 3.33. The molecule has 0 spiro atoms. The van der Waals surface area contributed by atoms with Gasteiger partial charge in [-0.15, -0.1) is 11.6 Å². The highest BCUT2D eigenvalue weighted by atomic mass is 79.9. The Morgan fingerprint density at radius 1 is 1.36 bits per heavy atom. The number of likely N-dealkylation sites (tertiary alicyclic amines) is 1. The minimum Gasteiger partial charge on any atom is -0.475 e. The van der Waals surface area contributed by atoms with Gasteiger partial charge in [0.2, 0.25) is 11.8 Å². The topological polar surface area (TPSA) is 55.3 Å². The molecule has 1 aromatic carbocycles. The van der Waals surface area contributed by atoms with E-state index in [1.54, 1.807) is 0 Å². The lowest BCUT2D eigenvalue weighted by Crippen LogP contribution is -2.29. The second kappa shape index (κ2) is 6.79. The Kier molecular flexibility index (Phi) is 4.78. The smallest absolute Gasteiger partial charge is 0.224 e. The molecule has 0 aliphatic carbocycles. The number of hydrogen-bond donors (Lipinski definition) is 0. The average molecular weight is 385 g/mol. The number of hydrogen-bond acceptors (Lipinski definition) is 4. The summed E-state index contributed by atoms with van der Waals surface area (Å²) in [6, 6.07) is 5.73. The zero-order valence-electron chi connectivity index (χ0n) is 11.9. The molecule has 116 valence electrons. The summed E-state index contributed by atoms with van der Waals surface area (Å²) >= 11 is 9.29. The van der Waals surface area contributed by atoms with Crippen LogP contribution in [0.4, 0.5) is 0 Å². The van der Waals surface area contributed by atoms with Crippen LogP contribution in [0.25, 0.3) is 10.9 Å². The molecule has 1 aliphatic heterocycles. The molecule has 2 heterocycles. The third-order valence-corrected chi connectivity index (χ3v) is 4.29. The summed E-state index contributed by atoms with van der Waals surface area (Å²) < 4.78 is 6.73. The molecule has 3 rings (SSSR count). The Balaban J connectivity index is 1.79. The molecule has 0 unspecified atom stereocenters. The van der Waals surface area contributed by atoms with Gasteiger partial charge in [0.1, 0.15) is 12.4 Å². The number of halogens is 2. The van der Waals surface area contributed by atoms with Crippen LogP contribution in [-0.4, -0.2) is 40.5 Å². The number of aromatic nitrogens is 2. The number of amides is 1. The molecule has 1 aliphatic rings. The maximum Gasteiger partial charge on any atom is 0.224 e. The van der Waals surface area contributed by atoms with Gasteiger partial charge in [-0.05, 0) is 24.6 Å². The predicted octanol–water partition coefficient (Wildman–Crippen LogP) is 3.13. The summed E-state index contributed by atoms with van der Waals surface area (Å²) in [5.41, 5.74) is 0.793. The standard InChI is InChI=1S/C15H15BrClN3O2/c16-10-3-4-12-11(8-10)15(19-13(9-17)18-12)22-7-6-20-5-1-2-14(20)21/h3-4,8H,1-2,5-7,9H2. The van der Waals surface area contributed by atoms with Crippen LogP contribution in [0.5, 0.6) is 5.88 Å². The van der Waals surface area contributed by atoms with E-state index >= 15 is 0 Å². The van der Waals surface area contributed by atoms with Crippen molar-refractivity contribution in [1.82, 2.24) is 14.9 Å². The SMILES string of the molecule is O=C1CCCN1CCOc1nc(CCl)nc2ccc(Br)cc12. The fraction of sp³-hybridized carbons (Fsp3) is 0.400. The number of carbonyl (C=O) groups excluding carboxylic acids is 1. The molecule has 1 fully saturated rings. The number of benzene rings is 1. The van der Waals surface area contributed by atoms with Crippen molar-refractivity contribution in [2.75, 3.05) is 19.7 Å². The Morgan fingerprint density at radius 3 is 2.95 bits per heavy atom. The first-order chi connectivity index (χ1) is 10.7. The number of ether oxygens (including phenoxy) is 1. The molecule has 5 nitrogen and oxygen atoms in total. The zero-order valence-corrected chi connectivity index (χ0v) is 14.2. The monoisotopic (exact) mass is 383 g/mol. The summed E-state index contributed by atoms with van der Waals surface area (Å²) in [4.78, 5) is 22.2. The van der Waals surface area contributed by atoms with E-state index in [1.165, 1.54) is 0 Å². The van der Waals surface area contributed by atoms with Gasteiger partial charge in [0.25, 0.3) is 0 Å². The number of fused-ring (bicyclic) bond motifs is 1. The Labute approximate surface area is 141 Å². The quantitative estimate of drug-likeness (QED) is 0.743. The molecule has 2 aromatic rings. The lowest BCUT2D eigenvalue weighted by atomic mass is 10.2. The molecule has 1 amide bonds.